The van der Waals surface area contributed by atoms with Crippen molar-refractivity contribution < 1.29 is 12.8 Å². The Kier molecular flexibility index (Phi) is 2.99. The van der Waals surface area contributed by atoms with Gasteiger partial charge in [-0.25, -0.2) is 12.8 Å². The summed E-state index contributed by atoms with van der Waals surface area (Å²) < 4.78 is 40.4. The number of hydrogen-bond donors (Lipinski definition) is 1. The summed E-state index contributed by atoms with van der Waals surface area (Å²) in [6.45, 7) is 0.471. The zero-order valence-corrected chi connectivity index (χ0v) is 11.7. The standard InChI is InChI=1S/C12H14ClFN2O2S/c13-8-4-10(15)12(14)11(5-8)19(17,18)16-6-7-1-2-9(16)3-7/h4-5,7,9H,1-3,6,15H2. The van der Waals surface area contributed by atoms with Crippen LogP contribution < -0.4 is 5.73 Å². The summed E-state index contributed by atoms with van der Waals surface area (Å²) in [6, 6.07) is 2.34. The number of hydrogen-bond acceptors (Lipinski definition) is 3. The van der Waals surface area contributed by atoms with Gasteiger partial charge in [0.2, 0.25) is 10.0 Å². The van der Waals surface area contributed by atoms with Gasteiger partial charge in [0.1, 0.15) is 4.90 Å². The Balaban J connectivity index is 2.06. The summed E-state index contributed by atoms with van der Waals surface area (Å²) in [5.74, 6) is -0.508. The van der Waals surface area contributed by atoms with Crippen molar-refractivity contribution in [2.75, 3.05) is 12.3 Å². The molecule has 2 unspecified atom stereocenters. The maximum atomic E-state index is 14.0. The Hall–Kier alpha value is -0.850. The van der Waals surface area contributed by atoms with Gasteiger partial charge in [-0.3, -0.25) is 0 Å². The van der Waals surface area contributed by atoms with Crippen LogP contribution in [-0.2, 0) is 10.0 Å². The number of halogens is 2. The van der Waals surface area contributed by atoms with Crippen LogP contribution in [0.25, 0.3) is 0 Å². The average molecular weight is 305 g/mol. The maximum Gasteiger partial charge on any atom is 0.246 e. The molecular weight excluding hydrogens is 291 g/mol. The van der Waals surface area contributed by atoms with E-state index in [9.17, 15) is 12.8 Å². The van der Waals surface area contributed by atoms with Crippen LogP contribution in [0, 0.1) is 11.7 Å². The Labute approximate surface area is 116 Å². The molecule has 2 aliphatic rings. The highest BCUT2D eigenvalue weighted by Gasteiger charge is 2.45. The van der Waals surface area contributed by atoms with Crippen LogP contribution in [0.15, 0.2) is 17.0 Å². The van der Waals surface area contributed by atoms with Crippen molar-refractivity contribution >= 4 is 27.3 Å². The molecule has 0 aromatic heterocycles. The van der Waals surface area contributed by atoms with Gasteiger partial charge in [-0.1, -0.05) is 11.6 Å². The third kappa shape index (κ3) is 2.02. The predicted octanol–water partition coefficient (Wildman–Crippen LogP) is 2.23. The number of rotatable bonds is 2. The normalized spacial score (nSPS) is 27.1. The van der Waals surface area contributed by atoms with Crippen molar-refractivity contribution in [2.24, 2.45) is 5.92 Å². The molecule has 3 rings (SSSR count). The Bertz CT molecular complexity index is 635. The van der Waals surface area contributed by atoms with Crippen molar-refractivity contribution in [2.45, 2.75) is 30.2 Å². The van der Waals surface area contributed by atoms with Gasteiger partial charge in [0.25, 0.3) is 0 Å². The second-order valence-electron chi connectivity index (χ2n) is 5.21. The lowest BCUT2D eigenvalue weighted by molar-refractivity contribution is 0.332. The first-order valence-corrected chi connectivity index (χ1v) is 7.98. The Morgan fingerprint density at radius 2 is 2.11 bits per heavy atom. The van der Waals surface area contributed by atoms with E-state index >= 15 is 0 Å². The highest BCUT2D eigenvalue weighted by atomic mass is 35.5. The van der Waals surface area contributed by atoms with Gasteiger partial charge in [0.05, 0.1) is 5.69 Å². The van der Waals surface area contributed by atoms with E-state index in [-0.39, 0.29) is 16.8 Å². The summed E-state index contributed by atoms with van der Waals surface area (Å²) >= 11 is 5.78. The summed E-state index contributed by atoms with van der Waals surface area (Å²) in [5, 5.41) is 0.127. The number of piperidine rings is 1. The topological polar surface area (TPSA) is 63.4 Å². The molecule has 1 heterocycles. The zero-order chi connectivity index (χ0) is 13.8. The fraction of sp³-hybridized carbons (Fsp3) is 0.500. The molecule has 1 saturated carbocycles. The van der Waals surface area contributed by atoms with Crippen LogP contribution in [0.1, 0.15) is 19.3 Å². The van der Waals surface area contributed by atoms with Gasteiger partial charge < -0.3 is 5.73 Å². The molecule has 0 radical (unpaired) electrons. The van der Waals surface area contributed by atoms with Gasteiger partial charge in [0.15, 0.2) is 5.82 Å². The van der Waals surface area contributed by atoms with Crippen molar-refractivity contribution in [1.29, 1.82) is 0 Å². The molecule has 1 aliphatic carbocycles. The second kappa shape index (κ2) is 4.33. The van der Waals surface area contributed by atoms with Gasteiger partial charge in [0, 0.05) is 17.6 Å². The Morgan fingerprint density at radius 1 is 1.37 bits per heavy atom. The lowest BCUT2D eigenvalue weighted by Gasteiger charge is -2.26. The third-order valence-corrected chi connectivity index (χ3v) is 6.11. The lowest BCUT2D eigenvalue weighted by Crippen LogP contribution is -2.38. The molecular formula is C12H14ClFN2O2S. The molecule has 7 heteroatoms. The number of anilines is 1. The molecule has 2 fully saturated rings. The van der Waals surface area contributed by atoms with E-state index in [2.05, 4.69) is 0 Å². The molecule has 1 saturated heterocycles. The number of nitrogens with two attached hydrogens (primary N) is 1. The SMILES string of the molecule is Nc1cc(Cl)cc(S(=O)(=O)N2CC3CCC2C3)c1F. The number of nitrogen functional groups attached to an aromatic ring is 1. The number of nitrogens with zero attached hydrogens (tertiary/aromatic N) is 1. The van der Waals surface area contributed by atoms with Gasteiger partial charge in [-0.15, -0.1) is 0 Å². The van der Waals surface area contributed by atoms with Crippen molar-refractivity contribution in [3.63, 3.8) is 0 Å². The molecule has 2 bridgehead atoms. The van der Waals surface area contributed by atoms with Crippen LogP contribution in [0.5, 0.6) is 0 Å². The van der Waals surface area contributed by atoms with Gasteiger partial charge >= 0.3 is 0 Å². The van der Waals surface area contributed by atoms with Crippen LogP contribution in [0.3, 0.4) is 0 Å². The minimum absolute atomic E-state index is 0.00499. The van der Waals surface area contributed by atoms with Crippen molar-refractivity contribution in [3.8, 4) is 0 Å². The van der Waals surface area contributed by atoms with Gasteiger partial charge in [-0.2, -0.15) is 4.31 Å². The largest absolute Gasteiger partial charge is 0.396 e. The van der Waals surface area contributed by atoms with Crippen LogP contribution in [0.2, 0.25) is 5.02 Å². The molecule has 1 aromatic rings. The molecule has 4 nitrogen and oxygen atoms in total. The molecule has 2 atom stereocenters. The molecule has 2 N–H and O–H groups in total. The van der Waals surface area contributed by atoms with E-state index in [4.69, 9.17) is 17.3 Å². The van der Waals surface area contributed by atoms with Crippen molar-refractivity contribution in [1.82, 2.24) is 4.31 Å². The van der Waals surface area contributed by atoms with E-state index in [0.29, 0.717) is 12.5 Å². The lowest BCUT2D eigenvalue weighted by atomic mass is 10.1. The summed E-state index contributed by atoms with van der Waals surface area (Å²) in [5.41, 5.74) is 5.21. The summed E-state index contributed by atoms with van der Waals surface area (Å²) in [6.07, 6.45) is 2.77. The fourth-order valence-electron chi connectivity index (χ4n) is 3.07. The van der Waals surface area contributed by atoms with E-state index in [1.807, 2.05) is 0 Å². The second-order valence-corrected chi connectivity index (χ2v) is 7.51. The molecule has 1 aliphatic heterocycles. The van der Waals surface area contributed by atoms with E-state index in [0.717, 1.165) is 25.3 Å². The monoisotopic (exact) mass is 304 g/mol. The highest BCUT2D eigenvalue weighted by molar-refractivity contribution is 7.89. The van der Waals surface area contributed by atoms with Crippen LogP contribution in [0.4, 0.5) is 10.1 Å². The molecule has 19 heavy (non-hydrogen) atoms. The highest BCUT2D eigenvalue weighted by Crippen LogP contribution is 2.41. The number of sulfonamides is 1. The molecule has 0 spiro atoms. The quantitative estimate of drug-likeness (QED) is 0.852. The number of fused-ring (bicyclic) bond motifs is 2. The molecule has 0 amide bonds. The summed E-state index contributed by atoms with van der Waals surface area (Å²) in [7, 11) is -3.85. The van der Waals surface area contributed by atoms with E-state index in [1.165, 1.54) is 10.4 Å². The maximum absolute atomic E-state index is 14.0. The smallest absolute Gasteiger partial charge is 0.246 e. The first kappa shape index (κ1) is 13.1. The first-order valence-electron chi connectivity index (χ1n) is 6.16. The first-order chi connectivity index (χ1) is 8.89. The molecule has 104 valence electrons. The van der Waals surface area contributed by atoms with Crippen LogP contribution >= 0.6 is 11.6 Å². The number of benzene rings is 1. The third-order valence-electron chi connectivity index (χ3n) is 3.98. The minimum Gasteiger partial charge on any atom is -0.396 e. The zero-order valence-electron chi connectivity index (χ0n) is 10.1. The summed E-state index contributed by atoms with van der Waals surface area (Å²) in [4.78, 5) is -0.412. The predicted molar refractivity (Wildman–Crippen MR) is 70.8 cm³/mol. The van der Waals surface area contributed by atoms with E-state index in [1.54, 1.807) is 0 Å². The van der Waals surface area contributed by atoms with Gasteiger partial charge in [-0.05, 0) is 37.3 Å². The fourth-order valence-corrected chi connectivity index (χ4v) is 5.23. The van der Waals surface area contributed by atoms with Crippen LogP contribution in [-0.4, -0.2) is 25.3 Å². The van der Waals surface area contributed by atoms with Crippen molar-refractivity contribution in [3.05, 3.63) is 23.0 Å². The van der Waals surface area contributed by atoms with E-state index < -0.39 is 20.7 Å². The Morgan fingerprint density at radius 3 is 2.68 bits per heavy atom. The molecule has 1 aromatic carbocycles. The minimum atomic E-state index is -3.85. The average Bonchev–Trinajstić information content (AvgIpc) is 2.95.